The van der Waals surface area contributed by atoms with Gasteiger partial charge in [-0.2, -0.15) is 0 Å². The fourth-order valence-corrected chi connectivity index (χ4v) is 1.20. The Balaban J connectivity index is 1.67. The van der Waals surface area contributed by atoms with E-state index >= 15 is 0 Å². The van der Waals surface area contributed by atoms with E-state index < -0.39 is 0 Å². The molecule has 15 heavy (non-hydrogen) atoms. The van der Waals surface area contributed by atoms with Crippen LogP contribution in [-0.4, -0.2) is 23.5 Å². The van der Waals surface area contributed by atoms with E-state index in [9.17, 15) is 0 Å². The van der Waals surface area contributed by atoms with Crippen molar-refractivity contribution >= 4 is 0 Å². The lowest BCUT2D eigenvalue weighted by atomic mass is 10.3. The van der Waals surface area contributed by atoms with Crippen LogP contribution in [0, 0.1) is 5.92 Å². The fourth-order valence-electron chi connectivity index (χ4n) is 1.20. The van der Waals surface area contributed by atoms with Crippen LogP contribution in [0.1, 0.15) is 18.5 Å². The van der Waals surface area contributed by atoms with Crippen LogP contribution in [-0.2, 0) is 11.3 Å². The Labute approximate surface area is 88.9 Å². The van der Waals surface area contributed by atoms with Gasteiger partial charge in [0.2, 0.25) is 0 Å². The normalized spacial score (nSPS) is 15.3. The van der Waals surface area contributed by atoms with E-state index in [1.165, 1.54) is 12.8 Å². The zero-order valence-corrected chi connectivity index (χ0v) is 8.56. The Morgan fingerprint density at radius 1 is 1.40 bits per heavy atom. The molecule has 2 rings (SSSR count). The molecule has 0 amide bonds. The van der Waals surface area contributed by atoms with Gasteiger partial charge < -0.3 is 14.6 Å². The van der Waals surface area contributed by atoms with E-state index in [2.05, 4.69) is 4.98 Å². The lowest BCUT2D eigenvalue weighted by molar-refractivity contribution is 0.00975. The molecule has 0 aliphatic heterocycles. The average molecular weight is 209 g/mol. The highest BCUT2D eigenvalue weighted by molar-refractivity contribution is 5.19. The number of pyridine rings is 1. The van der Waals surface area contributed by atoms with Crippen molar-refractivity contribution in [2.24, 2.45) is 5.92 Å². The smallest absolute Gasteiger partial charge is 0.189 e. The zero-order chi connectivity index (χ0) is 10.5. The highest BCUT2D eigenvalue weighted by Crippen LogP contribution is 2.28. The van der Waals surface area contributed by atoms with Crippen molar-refractivity contribution in [3.05, 3.63) is 24.0 Å². The van der Waals surface area contributed by atoms with Crippen LogP contribution >= 0.6 is 0 Å². The van der Waals surface area contributed by atoms with Gasteiger partial charge in [0.05, 0.1) is 25.1 Å². The first-order valence-electron chi connectivity index (χ1n) is 5.15. The third-order valence-electron chi connectivity index (χ3n) is 2.32. The van der Waals surface area contributed by atoms with Crippen LogP contribution < -0.4 is 4.74 Å². The summed E-state index contributed by atoms with van der Waals surface area (Å²) in [5.74, 6) is 1.42. The fraction of sp³-hybridized carbons (Fsp3) is 0.545. The SMILES string of the molecule is OCc1ccc(OCOCC2CC2)cn1. The number of rotatable bonds is 6. The number of hydrogen-bond acceptors (Lipinski definition) is 4. The monoisotopic (exact) mass is 209 g/mol. The van der Waals surface area contributed by atoms with Crippen molar-refractivity contribution in [3.8, 4) is 5.75 Å². The molecule has 0 radical (unpaired) electrons. The summed E-state index contributed by atoms with van der Waals surface area (Å²) in [5.41, 5.74) is 0.640. The molecular weight excluding hydrogens is 194 g/mol. The number of aliphatic hydroxyl groups is 1. The number of nitrogens with zero attached hydrogens (tertiary/aromatic N) is 1. The Morgan fingerprint density at radius 2 is 2.27 bits per heavy atom. The Kier molecular flexibility index (Phi) is 3.53. The maximum Gasteiger partial charge on any atom is 0.189 e. The van der Waals surface area contributed by atoms with Crippen LogP contribution in [0.25, 0.3) is 0 Å². The van der Waals surface area contributed by atoms with Crippen LogP contribution in [0.15, 0.2) is 18.3 Å². The summed E-state index contributed by atoms with van der Waals surface area (Å²) in [5, 5.41) is 8.78. The van der Waals surface area contributed by atoms with E-state index in [0.717, 1.165) is 12.5 Å². The van der Waals surface area contributed by atoms with Gasteiger partial charge in [0, 0.05) is 0 Å². The minimum atomic E-state index is -0.0432. The number of aliphatic hydroxyl groups excluding tert-OH is 1. The van der Waals surface area contributed by atoms with Crippen molar-refractivity contribution in [1.29, 1.82) is 0 Å². The van der Waals surface area contributed by atoms with E-state index in [1.807, 2.05) is 0 Å². The van der Waals surface area contributed by atoms with Crippen molar-refractivity contribution in [2.75, 3.05) is 13.4 Å². The molecular formula is C11H15NO3. The summed E-state index contributed by atoms with van der Waals surface area (Å²) in [6, 6.07) is 3.51. The largest absolute Gasteiger partial charge is 0.466 e. The van der Waals surface area contributed by atoms with Crippen molar-refractivity contribution < 1.29 is 14.6 Å². The molecule has 0 aromatic carbocycles. The van der Waals surface area contributed by atoms with E-state index in [-0.39, 0.29) is 13.4 Å². The zero-order valence-electron chi connectivity index (χ0n) is 8.56. The van der Waals surface area contributed by atoms with Gasteiger partial charge in [-0.3, -0.25) is 4.98 Å². The van der Waals surface area contributed by atoms with Crippen molar-refractivity contribution in [1.82, 2.24) is 4.98 Å². The molecule has 4 nitrogen and oxygen atoms in total. The number of aromatic nitrogens is 1. The molecule has 82 valence electrons. The van der Waals surface area contributed by atoms with Gasteiger partial charge in [0.1, 0.15) is 5.75 Å². The predicted octanol–water partition coefficient (Wildman–Crippen LogP) is 1.34. The molecule has 1 aliphatic carbocycles. The first-order valence-corrected chi connectivity index (χ1v) is 5.15. The molecule has 1 aliphatic rings. The summed E-state index contributed by atoms with van der Waals surface area (Å²) >= 11 is 0. The Hall–Kier alpha value is -1.13. The van der Waals surface area contributed by atoms with E-state index in [1.54, 1.807) is 18.3 Å². The van der Waals surface area contributed by atoms with E-state index in [4.69, 9.17) is 14.6 Å². The third kappa shape index (κ3) is 3.49. The second-order valence-electron chi connectivity index (χ2n) is 3.72. The van der Waals surface area contributed by atoms with Gasteiger partial charge in [0.25, 0.3) is 0 Å². The standard InChI is InChI=1S/C11H15NO3/c13-6-10-3-4-11(5-12-10)15-8-14-7-9-1-2-9/h3-5,9,13H,1-2,6-8H2. The summed E-state index contributed by atoms with van der Waals surface area (Å²) < 4.78 is 10.6. The lowest BCUT2D eigenvalue weighted by Gasteiger charge is -2.06. The quantitative estimate of drug-likeness (QED) is 0.567. The first-order chi connectivity index (χ1) is 7.38. The van der Waals surface area contributed by atoms with E-state index in [0.29, 0.717) is 11.4 Å². The molecule has 1 saturated carbocycles. The van der Waals surface area contributed by atoms with Gasteiger partial charge in [-0.25, -0.2) is 0 Å². The van der Waals surface area contributed by atoms with Crippen LogP contribution in [0.4, 0.5) is 0 Å². The molecule has 1 N–H and O–H groups in total. The minimum absolute atomic E-state index is 0.0432. The van der Waals surface area contributed by atoms with Crippen molar-refractivity contribution in [2.45, 2.75) is 19.4 Å². The summed E-state index contributed by atoms with van der Waals surface area (Å²) in [6.45, 7) is 1.03. The number of hydrogen-bond donors (Lipinski definition) is 1. The molecule has 1 heterocycles. The Bertz CT molecular complexity index is 295. The molecule has 1 fully saturated rings. The molecule has 0 bridgehead atoms. The first kappa shape index (κ1) is 10.4. The molecule has 4 heteroatoms. The minimum Gasteiger partial charge on any atom is -0.466 e. The van der Waals surface area contributed by atoms with Crippen molar-refractivity contribution in [3.63, 3.8) is 0 Å². The van der Waals surface area contributed by atoms with Crippen LogP contribution in [0.3, 0.4) is 0 Å². The second-order valence-corrected chi connectivity index (χ2v) is 3.72. The van der Waals surface area contributed by atoms with Gasteiger partial charge in [-0.05, 0) is 30.9 Å². The van der Waals surface area contributed by atoms with Crippen LogP contribution in [0.2, 0.25) is 0 Å². The Morgan fingerprint density at radius 3 is 2.87 bits per heavy atom. The summed E-state index contributed by atoms with van der Waals surface area (Å²) in [4.78, 5) is 3.99. The molecule has 0 spiro atoms. The highest BCUT2D eigenvalue weighted by atomic mass is 16.7. The molecule has 1 aromatic rings. The van der Waals surface area contributed by atoms with Gasteiger partial charge in [-0.1, -0.05) is 0 Å². The van der Waals surface area contributed by atoms with Gasteiger partial charge in [0.15, 0.2) is 6.79 Å². The molecule has 0 atom stereocenters. The average Bonchev–Trinajstić information content (AvgIpc) is 3.09. The van der Waals surface area contributed by atoms with Gasteiger partial charge >= 0.3 is 0 Å². The summed E-state index contributed by atoms with van der Waals surface area (Å²) in [7, 11) is 0. The molecule has 0 unspecified atom stereocenters. The predicted molar refractivity (Wildman–Crippen MR) is 54.3 cm³/mol. The van der Waals surface area contributed by atoms with Crippen LogP contribution in [0.5, 0.6) is 5.75 Å². The maximum absolute atomic E-state index is 8.78. The second kappa shape index (κ2) is 5.09. The maximum atomic E-state index is 8.78. The number of ether oxygens (including phenoxy) is 2. The topological polar surface area (TPSA) is 51.6 Å². The third-order valence-corrected chi connectivity index (χ3v) is 2.32. The van der Waals surface area contributed by atoms with Gasteiger partial charge in [-0.15, -0.1) is 0 Å². The molecule has 1 aromatic heterocycles. The lowest BCUT2D eigenvalue weighted by Crippen LogP contribution is -2.05. The summed E-state index contributed by atoms with van der Waals surface area (Å²) in [6.07, 6.45) is 4.16. The highest BCUT2D eigenvalue weighted by Gasteiger charge is 2.20. The molecule has 0 saturated heterocycles.